The Morgan fingerprint density at radius 2 is 1.81 bits per heavy atom. The summed E-state index contributed by atoms with van der Waals surface area (Å²) in [7, 11) is 3.12. The van der Waals surface area contributed by atoms with Crippen molar-refractivity contribution in [1.29, 1.82) is 0 Å². The van der Waals surface area contributed by atoms with E-state index in [0.29, 0.717) is 23.7 Å². The highest BCUT2D eigenvalue weighted by Crippen LogP contribution is 2.27. The number of rotatable bonds is 6. The van der Waals surface area contributed by atoms with Gasteiger partial charge in [-0.15, -0.1) is 0 Å². The molecule has 0 aliphatic carbocycles. The molecule has 1 aliphatic heterocycles. The number of methoxy groups -OCH3 is 2. The highest BCUT2D eigenvalue weighted by atomic mass is 16.5. The van der Waals surface area contributed by atoms with Crippen LogP contribution in [0.1, 0.15) is 19.8 Å². The Morgan fingerprint density at radius 3 is 2.33 bits per heavy atom. The van der Waals surface area contributed by atoms with Crippen molar-refractivity contribution in [3.8, 4) is 11.5 Å². The quantitative estimate of drug-likeness (QED) is 0.808. The van der Waals surface area contributed by atoms with E-state index in [1.54, 1.807) is 32.4 Å². The summed E-state index contributed by atoms with van der Waals surface area (Å²) < 4.78 is 10.4. The molecular formula is C15H20N2O4. The number of amides is 2. The molecule has 6 heteroatoms. The fraction of sp³-hybridized carbons (Fsp3) is 0.467. The second-order valence-electron chi connectivity index (χ2n) is 4.89. The molecule has 114 valence electrons. The normalized spacial score (nSPS) is 18.0. The molecule has 21 heavy (non-hydrogen) atoms. The van der Waals surface area contributed by atoms with E-state index in [-0.39, 0.29) is 18.2 Å². The fourth-order valence-corrected chi connectivity index (χ4v) is 2.35. The molecular weight excluding hydrogens is 272 g/mol. The summed E-state index contributed by atoms with van der Waals surface area (Å²) in [5.74, 6) is 0.941. The molecule has 6 nitrogen and oxygen atoms in total. The summed E-state index contributed by atoms with van der Waals surface area (Å²) >= 11 is 0. The Morgan fingerprint density at radius 1 is 1.19 bits per heavy atom. The van der Waals surface area contributed by atoms with Gasteiger partial charge < -0.3 is 14.8 Å². The summed E-state index contributed by atoms with van der Waals surface area (Å²) in [6.07, 6.45) is 0.940. The van der Waals surface area contributed by atoms with Gasteiger partial charge in [-0.05, 0) is 6.42 Å². The number of nitrogens with one attached hydrogen (secondary N) is 1. The third-order valence-corrected chi connectivity index (χ3v) is 3.38. The number of anilines is 1. The number of benzene rings is 1. The summed E-state index contributed by atoms with van der Waals surface area (Å²) in [4.78, 5) is 25.4. The first-order valence-electron chi connectivity index (χ1n) is 6.92. The van der Waals surface area contributed by atoms with E-state index in [9.17, 15) is 9.59 Å². The molecule has 1 unspecified atom stereocenters. The zero-order valence-electron chi connectivity index (χ0n) is 12.5. The lowest BCUT2D eigenvalue weighted by molar-refractivity contribution is -0.138. The van der Waals surface area contributed by atoms with Crippen molar-refractivity contribution in [3.05, 3.63) is 18.2 Å². The maximum atomic E-state index is 12.2. The van der Waals surface area contributed by atoms with Gasteiger partial charge in [-0.2, -0.15) is 0 Å². The van der Waals surface area contributed by atoms with E-state index in [4.69, 9.17) is 9.47 Å². The maximum Gasteiger partial charge on any atom is 0.252 e. The van der Waals surface area contributed by atoms with Gasteiger partial charge in [0.15, 0.2) is 0 Å². The molecule has 2 amide bonds. The van der Waals surface area contributed by atoms with E-state index in [1.807, 2.05) is 6.92 Å². The summed E-state index contributed by atoms with van der Waals surface area (Å²) in [6.45, 7) is 2.41. The van der Waals surface area contributed by atoms with Crippen LogP contribution >= 0.6 is 0 Å². The first-order valence-corrected chi connectivity index (χ1v) is 6.92. The monoisotopic (exact) mass is 292 g/mol. The number of hydrogen-bond acceptors (Lipinski definition) is 5. The maximum absolute atomic E-state index is 12.2. The Balaban J connectivity index is 2.15. The molecule has 0 saturated carbocycles. The third kappa shape index (κ3) is 3.26. The molecule has 1 atom stereocenters. The summed E-state index contributed by atoms with van der Waals surface area (Å²) in [5, 5.41) is 3.09. The molecule has 0 bridgehead atoms. The topological polar surface area (TPSA) is 67.9 Å². The molecule has 0 radical (unpaired) electrons. The van der Waals surface area contributed by atoms with Crippen LogP contribution in [0.25, 0.3) is 0 Å². The van der Waals surface area contributed by atoms with Crippen LogP contribution in [0.3, 0.4) is 0 Å². The van der Waals surface area contributed by atoms with Gasteiger partial charge in [-0.3, -0.25) is 14.5 Å². The van der Waals surface area contributed by atoms with Gasteiger partial charge in [-0.1, -0.05) is 6.92 Å². The second kappa shape index (κ2) is 6.47. The van der Waals surface area contributed by atoms with Crippen LogP contribution in [-0.2, 0) is 9.59 Å². The molecule has 1 aromatic carbocycles. The predicted molar refractivity (Wildman–Crippen MR) is 78.6 cm³/mol. The van der Waals surface area contributed by atoms with Crippen molar-refractivity contribution in [2.45, 2.75) is 25.8 Å². The molecule has 1 heterocycles. The third-order valence-electron chi connectivity index (χ3n) is 3.38. The van der Waals surface area contributed by atoms with Gasteiger partial charge in [0.1, 0.15) is 17.5 Å². The minimum atomic E-state index is -0.527. The lowest BCUT2D eigenvalue weighted by atomic mass is 10.2. The predicted octanol–water partition coefficient (Wildman–Crippen LogP) is 1.65. The smallest absolute Gasteiger partial charge is 0.252 e. The first-order chi connectivity index (χ1) is 10.1. The molecule has 1 aliphatic rings. The van der Waals surface area contributed by atoms with Crippen LogP contribution < -0.4 is 14.8 Å². The lowest BCUT2D eigenvalue weighted by Gasteiger charge is -2.16. The summed E-state index contributed by atoms with van der Waals surface area (Å²) in [5.41, 5.74) is 0.690. The molecule has 0 spiro atoms. The number of ether oxygens (including phenoxy) is 2. The Hall–Kier alpha value is -2.24. The minimum Gasteiger partial charge on any atom is -0.497 e. The molecule has 1 saturated heterocycles. The number of nitrogens with zero attached hydrogens (tertiary/aromatic N) is 1. The minimum absolute atomic E-state index is 0.130. The van der Waals surface area contributed by atoms with Crippen LogP contribution in [0.4, 0.5) is 5.69 Å². The highest BCUT2D eigenvalue weighted by Gasteiger charge is 2.37. The largest absolute Gasteiger partial charge is 0.497 e. The average molecular weight is 292 g/mol. The number of hydrogen-bond donors (Lipinski definition) is 1. The van der Waals surface area contributed by atoms with Crippen LogP contribution in [0.5, 0.6) is 11.5 Å². The SMILES string of the molecule is CCCN1C(=O)CC(Nc2cc(OC)cc(OC)c2)C1=O. The van der Waals surface area contributed by atoms with Gasteiger partial charge in [0, 0.05) is 30.4 Å². The molecule has 1 fully saturated rings. The van der Waals surface area contributed by atoms with E-state index < -0.39 is 6.04 Å². The van der Waals surface area contributed by atoms with E-state index in [2.05, 4.69) is 5.32 Å². The average Bonchev–Trinajstić information content (AvgIpc) is 2.74. The number of carbonyl (C=O) groups is 2. The van der Waals surface area contributed by atoms with Gasteiger partial charge >= 0.3 is 0 Å². The van der Waals surface area contributed by atoms with Crippen molar-refractivity contribution in [1.82, 2.24) is 4.90 Å². The lowest BCUT2D eigenvalue weighted by Crippen LogP contribution is -2.35. The second-order valence-corrected chi connectivity index (χ2v) is 4.89. The number of carbonyl (C=O) groups excluding carboxylic acids is 2. The number of imide groups is 1. The van der Waals surface area contributed by atoms with E-state index >= 15 is 0 Å². The Kier molecular flexibility index (Phi) is 4.67. The summed E-state index contributed by atoms with van der Waals surface area (Å²) in [6, 6.07) is 4.75. The fourth-order valence-electron chi connectivity index (χ4n) is 2.35. The van der Waals surface area contributed by atoms with Crippen molar-refractivity contribution >= 4 is 17.5 Å². The van der Waals surface area contributed by atoms with Crippen molar-refractivity contribution in [2.24, 2.45) is 0 Å². The van der Waals surface area contributed by atoms with Crippen LogP contribution in [-0.4, -0.2) is 43.5 Å². The van der Waals surface area contributed by atoms with Gasteiger partial charge in [0.2, 0.25) is 5.91 Å². The van der Waals surface area contributed by atoms with E-state index in [1.165, 1.54) is 4.90 Å². The molecule has 2 rings (SSSR count). The van der Waals surface area contributed by atoms with Crippen molar-refractivity contribution < 1.29 is 19.1 Å². The Bertz CT molecular complexity index is 522. The van der Waals surface area contributed by atoms with Crippen LogP contribution in [0.2, 0.25) is 0 Å². The Labute approximate surface area is 124 Å². The van der Waals surface area contributed by atoms with Gasteiger partial charge in [0.25, 0.3) is 5.91 Å². The number of likely N-dealkylation sites (tertiary alicyclic amines) is 1. The zero-order valence-corrected chi connectivity index (χ0v) is 12.5. The highest BCUT2D eigenvalue weighted by molar-refractivity contribution is 6.06. The molecule has 1 aromatic rings. The van der Waals surface area contributed by atoms with Gasteiger partial charge in [0.05, 0.1) is 20.6 Å². The van der Waals surface area contributed by atoms with Crippen LogP contribution in [0, 0.1) is 0 Å². The van der Waals surface area contributed by atoms with Crippen molar-refractivity contribution in [3.63, 3.8) is 0 Å². The van der Waals surface area contributed by atoms with Gasteiger partial charge in [-0.25, -0.2) is 0 Å². The van der Waals surface area contributed by atoms with Crippen LogP contribution in [0.15, 0.2) is 18.2 Å². The van der Waals surface area contributed by atoms with Crippen molar-refractivity contribution in [2.75, 3.05) is 26.1 Å². The molecule has 0 aromatic heterocycles. The standard InChI is InChI=1S/C15H20N2O4/c1-4-5-17-14(18)9-13(15(17)19)16-10-6-11(20-2)8-12(7-10)21-3/h6-8,13,16H,4-5,9H2,1-3H3. The first kappa shape index (κ1) is 15.2. The zero-order chi connectivity index (χ0) is 15.4. The molecule has 1 N–H and O–H groups in total. The van der Waals surface area contributed by atoms with E-state index in [0.717, 1.165) is 6.42 Å².